The minimum Gasteiger partial charge on any atom is -0.379 e. The fraction of sp³-hybridized carbons (Fsp3) is 0.389. The second-order valence-corrected chi connectivity index (χ2v) is 7.83. The van der Waals surface area contributed by atoms with E-state index in [1.54, 1.807) is 11.3 Å². The lowest BCUT2D eigenvalue weighted by molar-refractivity contribution is 0.0110. The molecule has 2 heterocycles. The maximum Gasteiger partial charge on any atom is 0.171 e. The quantitative estimate of drug-likeness (QED) is 0.744. The normalized spacial score (nSPS) is 17.7. The molecule has 1 saturated heterocycles. The van der Waals surface area contributed by atoms with Crippen LogP contribution in [-0.4, -0.2) is 42.4 Å². The average Bonchev–Trinajstić information content (AvgIpc) is 3.10. The van der Waals surface area contributed by atoms with Gasteiger partial charge in [0.1, 0.15) is 0 Å². The molecular formula is C18H22ClN3OS2. The second kappa shape index (κ2) is 8.96. The number of ether oxygens (including phenoxy) is 1. The molecule has 1 fully saturated rings. The van der Waals surface area contributed by atoms with Gasteiger partial charge in [-0.2, -0.15) is 0 Å². The SMILES string of the molecule is C[C@@H](NC(=S)Nc1cccc(Cl)c1)[C@H](c1cccs1)N1CCOCC1. The van der Waals surface area contributed by atoms with Crippen molar-refractivity contribution in [1.82, 2.24) is 10.2 Å². The lowest BCUT2D eigenvalue weighted by Crippen LogP contribution is -2.49. The Morgan fingerprint density at radius 2 is 2.08 bits per heavy atom. The minimum atomic E-state index is 0.163. The first-order chi connectivity index (χ1) is 12.1. The van der Waals surface area contributed by atoms with Crippen LogP contribution in [0.4, 0.5) is 5.69 Å². The van der Waals surface area contributed by atoms with Crippen molar-refractivity contribution in [3.8, 4) is 0 Å². The predicted molar refractivity (Wildman–Crippen MR) is 110 cm³/mol. The standard InChI is InChI=1S/C18H22ClN3OS2/c1-13(20-18(24)21-15-5-2-4-14(19)12-15)17(16-6-3-11-25-16)22-7-9-23-10-8-22/h2-6,11-13,17H,7-10H2,1H3,(H2,20,21,24)/t13-,17-/m1/s1. The van der Waals surface area contributed by atoms with Gasteiger partial charge < -0.3 is 15.4 Å². The molecule has 0 spiro atoms. The monoisotopic (exact) mass is 395 g/mol. The van der Waals surface area contributed by atoms with E-state index in [9.17, 15) is 0 Å². The van der Waals surface area contributed by atoms with Crippen LogP contribution in [0, 0.1) is 0 Å². The van der Waals surface area contributed by atoms with E-state index in [-0.39, 0.29) is 12.1 Å². The lowest BCUT2D eigenvalue weighted by atomic mass is 10.1. The molecule has 1 aliphatic rings. The highest BCUT2D eigenvalue weighted by molar-refractivity contribution is 7.80. The molecule has 7 heteroatoms. The number of rotatable bonds is 5. The fourth-order valence-corrected chi connectivity index (χ4v) is 4.53. The summed E-state index contributed by atoms with van der Waals surface area (Å²) in [6.07, 6.45) is 0. The van der Waals surface area contributed by atoms with Crippen LogP contribution in [0.3, 0.4) is 0 Å². The highest BCUT2D eigenvalue weighted by Gasteiger charge is 2.28. The first-order valence-electron chi connectivity index (χ1n) is 8.32. The molecule has 0 unspecified atom stereocenters. The van der Waals surface area contributed by atoms with E-state index in [4.69, 9.17) is 28.6 Å². The highest BCUT2D eigenvalue weighted by atomic mass is 35.5. The van der Waals surface area contributed by atoms with Gasteiger partial charge in [-0.1, -0.05) is 23.7 Å². The van der Waals surface area contributed by atoms with Crippen molar-refractivity contribution >= 4 is 46.0 Å². The van der Waals surface area contributed by atoms with Gasteiger partial charge in [-0.05, 0) is 48.8 Å². The van der Waals surface area contributed by atoms with Crippen molar-refractivity contribution in [2.24, 2.45) is 0 Å². The molecule has 0 radical (unpaired) electrons. The van der Waals surface area contributed by atoms with E-state index in [2.05, 4.69) is 40.0 Å². The molecule has 0 saturated carbocycles. The van der Waals surface area contributed by atoms with Crippen LogP contribution < -0.4 is 10.6 Å². The molecule has 3 rings (SSSR count). The third-order valence-corrected chi connectivity index (χ3v) is 5.59. The van der Waals surface area contributed by atoms with Gasteiger partial charge in [0, 0.05) is 34.7 Å². The van der Waals surface area contributed by atoms with Gasteiger partial charge in [-0.25, -0.2) is 0 Å². The molecular weight excluding hydrogens is 374 g/mol. The molecule has 2 N–H and O–H groups in total. The maximum atomic E-state index is 6.03. The summed E-state index contributed by atoms with van der Waals surface area (Å²) in [6, 6.07) is 12.3. The number of hydrogen-bond donors (Lipinski definition) is 2. The molecule has 1 aromatic carbocycles. The fourth-order valence-electron chi connectivity index (χ4n) is 3.08. The van der Waals surface area contributed by atoms with E-state index >= 15 is 0 Å². The predicted octanol–water partition coefficient (Wildman–Crippen LogP) is 4.15. The number of nitrogens with one attached hydrogen (secondary N) is 2. The zero-order valence-corrected chi connectivity index (χ0v) is 16.5. The summed E-state index contributed by atoms with van der Waals surface area (Å²) < 4.78 is 5.51. The van der Waals surface area contributed by atoms with Crippen molar-refractivity contribution < 1.29 is 4.74 Å². The van der Waals surface area contributed by atoms with Crippen molar-refractivity contribution in [2.45, 2.75) is 19.0 Å². The maximum absolute atomic E-state index is 6.03. The Kier molecular flexibility index (Phi) is 6.67. The minimum absolute atomic E-state index is 0.163. The van der Waals surface area contributed by atoms with Crippen LogP contribution in [0.5, 0.6) is 0 Å². The van der Waals surface area contributed by atoms with Crippen LogP contribution >= 0.6 is 35.2 Å². The van der Waals surface area contributed by atoms with Gasteiger partial charge in [-0.15, -0.1) is 11.3 Å². The topological polar surface area (TPSA) is 36.5 Å². The molecule has 0 aliphatic carbocycles. The lowest BCUT2D eigenvalue weighted by Gasteiger charge is -2.38. The van der Waals surface area contributed by atoms with Crippen LogP contribution in [0.2, 0.25) is 5.02 Å². The second-order valence-electron chi connectivity index (χ2n) is 6.01. The summed E-state index contributed by atoms with van der Waals surface area (Å²) in [7, 11) is 0. The Bertz CT molecular complexity index is 689. The number of morpholine rings is 1. The Balaban J connectivity index is 1.67. The van der Waals surface area contributed by atoms with E-state index in [0.29, 0.717) is 10.1 Å². The molecule has 1 aliphatic heterocycles. The van der Waals surface area contributed by atoms with Gasteiger partial charge in [0.05, 0.1) is 19.3 Å². The average molecular weight is 396 g/mol. The van der Waals surface area contributed by atoms with Gasteiger partial charge in [0.25, 0.3) is 0 Å². The van der Waals surface area contributed by atoms with Crippen LogP contribution in [0.1, 0.15) is 17.8 Å². The van der Waals surface area contributed by atoms with Crippen LogP contribution in [0.15, 0.2) is 41.8 Å². The van der Waals surface area contributed by atoms with Crippen molar-refractivity contribution in [3.05, 3.63) is 51.7 Å². The third-order valence-electron chi connectivity index (χ3n) is 4.19. The number of thiophene rings is 1. The largest absolute Gasteiger partial charge is 0.379 e. The van der Waals surface area contributed by atoms with E-state index < -0.39 is 0 Å². The number of nitrogens with zero attached hydrogens (tertiary/aromatic N) is 1. The van der Waals surface area contributed by atoms with E-state index in [1.165, 1.54) is 4.88 Å². The van der Waals surface area contributed by atoms with Crippen LogP contribution in [-0.2, 0) is 4.74 Å². The zero-order chi connectivity index (χ0) is 17.6. The highest BCUT2D eigenvalue weighted by Crippen LogP contribution is 2.29. The Labute approximate surface area is 163 Å². The third kappa shape index (κ3) is 5.15. The molecule has 134 valence electrons. The first kappa shape index (κ1) is 18.6. The summed E-state index contributed by atoms with van der Waals surface area (Å²) in [5.74, 6) is 0. The number of benzene rings is 1. The van der Waals surface area contributed by atoms with Crippen LogP contribution in [0.25, 0.3) is 0 Å². The van der Waals surface area contributed by atoms with Gasteiger partial charge in [0.15, 0.2) is 5.11 Å². The Morgan fingerprint density at radius 1 is 1.28 bits per heavy atom. The Morgan fingerprint density at radius 3 is 2.76 bits per heavy atom. The van der Waals surface area contributed by atoms with Gasteiger partial charge >= 0.3 is 0 Å². The number of hydrogen-bond acceptors (Lipinski definition) is 4. The van der Waals surface area contributed by atoms with E-state index in [1.807, 2.05) is 24.3 Å². The molecule has 1 aromatic heterocycles. The number of halogens is 1. The Hall–Kier alpha value is -1.18. The molecule has 25 heavy (non-hydrogen) atoms. The summed E-state index contributed by atoms with van der Waals surface area (Å²) >= 11 is 13.3. The summed E-state index contributed by atoms with van der Waals surface area (Å²) in [6.45, 7) is 5.59. The van der Waals surface area contributed by atoms with Crippen molar-refractivity contribution in [3.63, 3.8) is 0 Å². The first-order valence-corrected chi connectivity index (χ1v) is 9.98. The van der Waals surface area contributed by atoms with Gasteiger partial charge in [0.2, 0.25) is 0 Å². The van der Waals surface area contributed by atoms with E-state index in [0.717, 1.165) is 32.0 Å². The summed E-state index contributed by atoms with van der Waals surface area (Å²) in [5.41, 5.74) is 0.885. The molecule has 0 amide bonds. The summed E-state index contributed by atoms with van der Waals surface area (Å²) in [4.78, 5) is 3.81. The molecule has 4 nitrogen and oxygen atoms in total. The molecule has 0 bridgehead atoms. The number of thiocarbonyl (C=S) groups is 1. The smallest absolute Gasteiger partial charge is 0.171 e. The van der Waals surface area contributed by atoms with Crippen molar-refractivity contribution in [1.29, 1.82) is 0 Å². The zero-order valence-electron chi connectivity index (χ0n) is 14.1. The summed E-state index contributed by atoms with van der Waals surface area (Å²) in [5, 5.41) is 10.1. The van der Waals surface area contributed by atoms with Gasteiger partial charge in [-0.3, -0.25) is 4.90 Å². The number of anilines is 1. The molecule has 2 aromatic rings. The molecule has 2 atom stereocenters. The van der Waals surface area contributed by atoms with Crippen molar-refractivity contribution in [2.75, 3.05) is 31.6 Å².